The molecule has 0 saturated heterocycles. The predicted octanol–water partition coefficient (Wildman–Crippen LogP) is 3.23. The second-order valence-electron chi connectivity index (χ2n) is 5.68. The average molecular weight is 379 g/mol. The number of anilines is 1. The molecule has 8 heteroatoms. The molecule has 3 N–H and O–H groups in total. The number of amides is 1. The fourth-order valence-corrected chi connectivity index (χ4v) is 2.52. The highest BCUT2D eigenvalue weighted by Gasteiger charge is 2.28. The van der Waals surface area contributed by atoms with Gasteiger partial charge in [-0.05, 0) is 42.0 Å². The van der Waals surface area contributed by atoms with Crippen LogP contribution in [0.5, 0.6) is 11.5 Å². The summed E-state index contributed by atoms with van der Waals surface area (Å²) in [5, 5.41) is 21.1. The number of methoxy groups -OCH3 is 2. The molecule has 146 valence electrons. The lowest BCUT2D eigenvalue weighted by atomic mass is 10.0. The van der Waals surface area contributed by atoms with Gasteiger partial charge in [0.2, 0.25) is 0 Å². The number of phenols is 1. The number of hydrogen-bond acceptors (Lipinski definition) is 6. The number of nitrogens with one attached hydrogen (secondary N) is 1. The van der Waals surface area contributed by atoms with E-state index < -0.39 is 29.9 Å². The monoisotopic (exact) mass is 379 g/mol. The molecule has 0 fully saturated rings. The van der Waals surface area contributed by atoms with Gasteiger partial charge < -0.3 is 24.4 Å². The SMILES string of the molecule is COc1ccc(NC(=O)O[C@H](c2ccc(O)c(F)c2)[C@@H](CCO)OC)cc1. The molecule has 2 aromatic rings. The van der Waals surface area contributed by atoms with E-state index in [1.807, 2.05) is 0 Å². The standard InChI is InChI=1S/C19H22FNO6/c1-25-14-6-4-13(5-7-14)21-19(24)27-18(17(26-2)9-10-22)12-3-8-16(23)15(20)11-12/h3-8,11,17-18,22-23H,9-10H2,1-2H3,(H,21,24)/t17-,18-/m1/s1. The van der Waals surface area contributed by atoms with Gasteiger partial charge >= 0.3 is 6.09 Å². The fraction of sp³-hybridized carbons (Fsp3) is 0.316. The Morgan fingerprint density at radius 3 is 2.44 bits per heavy atom. The van der Waals surface area contributed by atoms with Gasteiger partial charge in [-0.1, -0.05) is 6.07 Å². The molecule has 0 aliphatic heterocycles. The van der Waals surface area contributed by atoms with Crippen molar-refractivity contribution in [2.75, 3.05) is 26.1 Å². The Hall–Kier alpha value is -2.84. The summed E-state index contributed by atoms with van der Waals surface area (Å²) in [4.78, 5) is 12.3. The molecule has 7 nitrogen and oxygen atoms in total. The van der Waals surface area contributed by atoms with E-state index in [0.29, 0.717) is 11.4 Å². The molecule has 0 unspecified atom stereocenters. The summed E-state index contributed by atoms with van der Waals surface area (Å²) in [6.07, 6.45) is -2.31. The number of aliphatic hydroxyl groups excluding tert-OH is 1. The summed E-state index contributed by atoms with van der Waals surface area (Å²) in [6.45, 7) is -0.209. The van der Waals surface area contributed by atoms with Crippen LogP contribution in [0.3, 0.4) is 0 Å². The molecule has 0 aromatic heterocycles. The van der Waals surface area contributed by atoms with Gasteiger partial charge in [0.15, 0.2) is 17.7 Å². The van der Waals surface area contributed by atoms with Crippen molar-refractivity contribution in [1.29, 1.82) is 0 Å². The number of phenolic OH excluding ortho intramolecular Hbond substituents is 1. The molecule has 27 heavy (non-hydrogen) atoms. The lowest BCUT2D eigenvalue weighted by Gasteiger charge is -2.26. The first-order valence-corrected chi connectivity index (χ1v) is 8.22. The van der Waals surface area contributed by atoms with Crippen molar-refractivity contribution in [3.63, 3.8) is 0 Å². The van der Waals surface area contributed by atoms with Crippen LogP contribution in [0, 0.1) is 5.82 Å². The van der Waals surface area contributed by atoms with E-state index in [-0.39, 0.29) is 18.6 Å². The first-order valence-electron chi connectivity index (χ1n) is 8.22. The zero-order valence-corrected chi connectivity index (χ0v) is 15.0. The molecule has 0 heterocycles. The van der Waals surface area contributed by atoms with E-state index in [2.05, 4.69) is 5.32 Å². The molecule has 0 spiro atoms. The van der Waals surface area contributed by atoms with Crippen molar-refractivity contribution in [3.8, 4) is 11.5 Å². The Bertz CT molecular complexity index is 752. The minimum atomic E-state index is -0.990. The molecule has 2 atom stereocenters. The Balaban J connectivity index is 2.18. The van der Waals surface area contributed by atoms with Gasteiger partial charge in [0, 0.05) is 25.8 Å². The minimum Gasteiger partial charge on any atom is -0.505 e. The normalized spacial score (nSPS) is 12.9. The fourth-order valence-electron chi connectivity index (χ4n) is 2.52. The molecule has 1 amide bonds. The maximum Gasteiger partial charge on any atom is 0.412 e. The maximum atomic E-state index is 13.7. The molecule has 2 aromatic carbocycles. The number of carbonyl (C=O) groups excluding carboxylic acids is 1. The number of ether oxygens (including phenoxy) is 3. The largest absolute Gasteiger partial charge is 0.505 e. The van der Waals surface area contributed by atoms with Crippen LogP contribution in [0.1, 0.15) is 18.1 Å². The van der Waals surface area contributed by atoms with Crippen molar-refractivity contribution in [2.45, 2.75) is 18.6 Å². The molecule has 2 rings (SSSR count). The minimum absolute atomic E-state index is 0.166. The molecule has 0 bridgehead atoms. The summed E-state index contributed by atoms with van der Waals surface area (Å²) >= 11 is 0. The van der Waals surface area contributed by atoms with E-state index in [1.54, 1.807) is 24.3 Å². The van der Waals surface area contributed by atoms with Crippen LogP contribution in [0.2, 0.25) is 0 Å². The third-order valence-electron chi connectivity index (χ3n) is 3.92. The third-order valence-corrected chi connectivity index (χ3v) is 3.92. The molecular formula is C19H22FNO6. The topological polar surface area (TPSA) is 97.3 Å². The smallest absolute Gasteiger partial charge is 0.412 e. The van der Waals surface area contributed by atoms with Crippen LogP contribution in [0.4, 0.5) is 14.9 Å². The number of carbonyl (C=O) groups is 1. The number of hydrogen-bond donors (Lipinski definition) is 3. The van der Waals surface area contributed by atoms with Crippen LogP contribution in [-0.2, 0) is 9.47 Å². The van der Waals surface area contributed by atoms with E-state index in [4.69, 9.17) is 14.2 Å². The Kier molecular flexibility index (Phi) is 7.39. The lowest BCUT2D eigenvalue weighted by Crippen LogP contribution is -2.29. The zero-order chi connectivity index (χ0) is 19.8. The molecule has 0 aliphatic rings. The number of halogens is 1. The van der Waals surface area contributed by atoms with Gasteiger partial charge in [-0.15, -0.1) is 0 Å². The van der Waals surface area contributed by atoms with Crippen LogP contribution in [-0.4, -0.2) is 43.2 Å². The lowest BCUT2D eigenvalue weighted by molar-refractivity contribution is -0.0307. The number of rotatable bonds is 8. The highest BCUT2D eigenvalue weighted by molar-refractivity contribution is 5.84. The quantitative estimate of drug-likeness (QED) is 0.652. The second-order valence-corrected chi connectivity index (χ2v) is 5.68. The van der Waals surface area contributed by atoms with Crippen molar-refractivity contribution >= 4 is 11.8 Å². The number of aromatic hydroxyl groups is 1. The average Bonchev–Trinajstić information content (AvgIpc) is 2.67. The molecule has 0 saturated carbocycles. The van der Waals surface area contributed by atoms with Gasteiger partial charge in [-0.2, -0.15) is 0 Å². The second kappa shape index (κ2) is 9.75. The first-order chi connectivity index (χ1) is 13.0. The van der Waals surface area contributed by atoms with Crippen molar-refractivity contribution in [2.24, 2.45) is 0 Å². The van der Waals surface area contributed by atoms with Crippen molar-refractivity contribution in [1.82, 2.24) is 0 Å². The summed E-state index contributed by atoms with van der Waals surface area (Å²) in [5.41, 5.74) is 0.767. The van der Waals surface area contributed by atoms with Crippen LogP contribution in [0.15, 0.2) is 42.5 Å². The van der Waals surface area contributed by atoms with E-state index in [1.165, 1.54) is 20.3 Å². The highest BCUT2D eigenvalue weighted by atomic mass is 19.1. The van der Waals surface area contributed by atoms with E-state index in [0.717, 1.165) is 12.1 Å². The van der Waals surface area contributed by atoms with Crippen LogP contribution in [0.25, 0.3) is 0 Å². The molecule has 0 aliphatic carbocycles. The number of benzene rings is 2. The van der Waals surface area contributed by atoms with Gasteiger partial charge in [-0.3, -0.25) is 5.32 Å². The molecule has 0 radical (unpaired) electrons. The zero-order valence-electron chi connectivity index (χ0n) is 15.0. The van der Waals surface area contributed by atoms with Crippen molar-refractivity contribution in [3.05, 3.63) is 53.8 Å². The van der Waals surface area contributed by atoms with Gasteiger partial charge in [-0.25, -0.2) is 9.18 Å². The van der Waals surface area contributed by atoms with E-state index in [9.17, 15) is 19.4 Å². The summed E-state index contributed by atoms with van der Waals surface area (Å²) < 4.78 is 29.5. The summed E-state index contributed by atoms with van der Waals surface area (Å²) in [6, 6.07) is 10.3. The van der Waals surface area contributed by atoms with E-state index >= 15 is 0 Å². The maximum absolute atomic E-state index is 13.7. The van der Waals surface area contributed by atoms with Crippen LogP contribution >= 0.6 is 0 Å². The van der Waals surface area contributed by atoms with Crippen molar-refractivity contribution < 1.29 is 33.6 Å². The molecular weight excluding hydrogens is 357 g/mol. The first kappa shape index (κ1) is 20.5. The van der Waals surface area contributed by atoms with Gasteiger partial charge in [0.1, 0.15) is 11.9 Å². The van der Waals surface area contributed by atoms with Gasteiger partial charge in [0.05, 0.1) is 7.11 Å². The Labute approximate surface area is 156 Å². The Morgan fingerprint density at radius 1 is 1.19 bits per heavy atom. The highest BCUT2D eigenvalue weighted by Crippen LogP contribution is 2.29. The summed E-state index contributed by atoms with van der Waals surface area (Å²) in [7, 11) is 2.93. The van der Waals surface area contributed by atoms with Gasteiger partial charge in [0.25, 0.3) is 0 Å². The third kappa shape index (κ3) is 5.57. The predicted molar refractivity (Wildman–Crippen MR) is 96.4 cm³/mol. The summed E-state index contributed by atoms with van der Waals surface area (Å²) in [5.74, 6) is -0.736. The number of aliphatic hydroxyl groups is 1. The Morgan fingerprint density at radius 2 is 1.89 bits per heavy atom. The van der Waals surface area contributed by atoms with Crippen LogP contribution < -0.4 is 10.1 Å².